The maximum atomic E-state index is 11.7. The van der Waals surface area contributed by atoms with Crippen molar-refractivity contribution in [2.75, 3.05) is 0 Å². The minimum Gasteiger partial charge on any atom is -0.789 e. The van der Waals surface area contributed by atoms with Gasteiger partial charge in [-0.2, -0.15) is 0 Å². The second kappa shape index (κ2) is 5.98. The Morgan fingerprint density at radius 2 is 1.06 bits per heavy atom. The number of carbonyl (C=O) groups excluding carboxylic acids is 2. The van der Waals surface area contributed by atoms with Crippen LogP contribution in [0.1, 0.15) is 41.5 Å². The topological polar surface area (TPSA) is 74.3 Å². The van der Waals surface area contributed by atoms with Crippen LogP contribution in [0.5, 0.6) is 0 Å². The van der Waals surface area contributed by atoms with Crippen LogP contribution in [0.15, 0.2) is 0 Å². The van der Waals surface area contributed by atoms with E-state index in [2.05, 4.69) is 0 Å². The molecule has 0 radical (unpaired) electrons. The minimum absolute atomic E-state index is 0. The number of hydrogen-bond donors (Lipinski definition) is 0. The first-order valence-electron chi connectivity index (χ1n) is 4.72. The Bertz CT molecular complexity index is 306. The fourth-order valence-corrected chi connectivity index (χ4v) is 2.93. The largest absolute Gasteiger partial charge is 1.00 e. The Morgan fingerprint density at radius 1 is 0.875 bits per heavy atom. The summed E-state index contributed by atoms with van der Waals surface area (Å²) < 4.78 is 11.7. The molecule has 0 aromatic heterocycles. The molecule has 0 N–H and O–H groups in total. The molecule has 0 unspecified atom stereocenters. The molecule has 0 fully saturated rings. The van der Waals surface area contributed by atoms with Crippen molar-refractivity contribution in [3.8, 4) is 0 Å². The molecule has 88 valence electrons. The van der Waals surface area contributed by atoms with Crippen molar-refractivity contribution in [2.24, 2.45) is 10.8 Å². The monoisotopic (exact) mass is 318 g/mol. The van der Waals surface area contributed by atoms with Gasteiger partial charge in [-0.05, 0) is 0 Å². The molecule has 0 bridgehead atoms. The summed E-state index contributed by atoms with van der Waals surface area (Å²) in [6.45, 7) is 8.89. The fraction of sp³-hybridized carbons (Fsp3) is 0.800. The summed E-state index contributed by atoms with van der Waals surface area (Å²) in [5, 5.41) is 0. The van der Waals surface area contributed by atoms with Gasteiger partial charge in [0.25, 0.3) is 0 Å². The van der Waals surface area contributed by atoms with Crippen LogP contribution < -0.4 is 63.1 Å². The van der Waals surface area contributed by atoms with Gasteiger partial charge in [0, 0.05) is 10.8 Å². The van der Waals surface area contributed by atoms with Crippen LogP contribution in [0.2, 0.25) is 0 Å². The summed E-state index contributed by atoms with van der Waals surface area (Å²) in [6.07, 6.45) is 0. The van der Waals surface area contributed by atoms with Crippen LogP contribution in [-0.4, -0.2) is 11.0 Å². The Labute approximate surface area is 146 Å². The van der Waals surface area contributed by atoms with E-state index in [0.29, 0.717) is 0 Å². The second-order valence-electron chi connectivity index (χ2n) is 5.66. The number of carbonyl (C=O) groups is 2. The summed E-state index contributed by atoms with van der Waals surface area (Å²) in [5.74, 6) is 0. The van der Waals surface area contributed by atoms with E-state index < -0.39 is 29.2 Å². The summed E-state index contributed by atoms with van der Waals surface area (Å²) >= 11 is 0. The zero-order valence-corrected chi connectivity index (χ0v) is 16.9. The quantitative estimate of drug-likeness (QED) is 0.598. The molecule has 0 amide bonds. The van der Waals surface area contributed by atoms with E-state index >= 15 is 0 Å². The number of rotatable bonds is 2. The van der Waals surface area contributed by atoms with Gasteiger partial charge in [-0.1, -0.05) is 41.5 Å². The van der Waals surface area contributed by atoms with Crippen molar-refractivity contribution in [1.29, 1.82) is 0 Å². The third-order valence-electron chi connectivity index (χ3n) is 1.82. The molecule has 0 aliphatic carbocycles. The van der Waals surface area contributed by atoms with Crippen molar-refractivity contribution < 1.29 is 77.2 Å². The van der Waals surface area contributed by atoms with Crippen LogP contribution >= 0.6 is 7.37 Å². The molecular formula is C10H18O4PRb. The molecule has 16 heavy (non-hydrogen) atoms. The van der Waals surface area contributed by atoms with Crippen LogP contribution in [0.3, 0.4) is 0 Å². The fourth-order valence-electron chi connectivity index (χ4n) is 0.975. The van der Waals surface area contributed by atoms with Gasteiger partial charge in [0.2, 0.25) is 0 Å². The Morgan fingerprint density at radius 3 is 1.19 bits per heavy atom. The summed E-state index contributed by atoms with van der Waals surface area (Å²) in [5.41, 5.74) is -4.07. The minimum atomic E-state index is -4.65. The maximum absolute atomic E-state index is 11.7. The van der Waals surface area contributed by atoms with Crippen LogP contribution in [0.4, 0.5) is 0 Å². The molecule has 0 spiro atoms. The Hall–Kier alpha value is 1.34. The van der Waals surface area contributed by atoms with Crippen molar-refractivity contribution in [2.45, 2.75) is 41.5 Å². The first kappa shape index (κ1) is 19.7. The maximum Gasteiger partial charge on any atom is 1.00 e. The normalized spacial score (nSPS) is 12.9. The smallest absolute Gasteiger partial charge is 0.789 e. The summed E-state index contributed by atoms with van der Waals surface area (Å²) in [7, 11) is -4.65. The van der Waals surface area contributed by atoms with Crippen LogP contribution in [0, 0.1) is 10.8 Å². The van der Waals surface area contributed by atoms with Gasteiger partial charge >= 0.3 is 58.2 Å². The number of hydrogen-bond acceptors (Lipinski definition) is 4. The molecule has 0 aliphatic rings. The van der Waals surface area contributed by atoms with Crippen molar-refractivity contribution in [1.82, 2.24) is 0 Å². The zero-order chi connectivity index (χ0) is 12.7. The van der Waals surface area contributed by atoms with Gasteiger partial charge in [0.05, 0.1) is 0 Å². The van der Waals surface area contributed by atoms with Crippen molar-refractivity contribution >= 4 is 18.4 Å². The van der Waals surface area contributed by atoms with Gasteiger partial charge in [0.1, 0.15) is 7.37 Å². The average Bonchev–Trinajstić information content (AvgIpc) is 1.98. The molecule has 0 rings (SSSR count). The summed E-state index contributed by atoms with van der Waals surface area (Å²) in [6, 6.07) is 0. The van der Waals surface area contributed by atoms with E-state index in [4.69, 9.17) is 0 Å². The molecule has 6 heteroatoms. The molecule has 0 aliphatic heterocycles. The van der Waals surface area contributed by atoms with E-state index in [1.807, 2.05) is 0 Å². The standard InChI is InChI=1S/C10H19O4P.Rb/c1-9(2,3)7(11)15(13,14)8(12)10(4,5)6;/h1-6H3,(H,13,14);/q;+1/p-1. The zero-order valence-electron chi connectivity index (χ0n) is 11.1. The molecule has 0 saturated carbocycles. The molecule has 0 saturated heterocycles. The average molecular weight is 319 g/mol. The van der Waals surface area contributed by atoms with Gasteiger partial charge < -0.3 is 9.46 Å². The van der Waals surface area contributed by atoms with Gasteiger partial charge in [-0.15, -0.1) is 0 Å². The third kappa shape index (κ3) is 4.91. The molecule has 0 aromatic carbocycles. The Balaban J connectivity index is 0. The second-order valence-corrected chi connectivity index (χ2v) is 7.58. The van der Waals surface area contributed by atoms with E-state index in [1.54, 1.807) is 0 Å². The van der Waals surface area contributed by atoms with Gasteiger partial charge in [-0.25, -0.2) is 0 Å². The van der Waals surface area contributed by atoms with Gasteiger partial charge in [0.15, 0.2) is 11.0 Å². The molecule has 0 atom stereocenters. The van der Waals surface area contributed by atoms with Crippen LogP contribution in [-0.2, 0) is 14.2 Å². The molecule has 4 nitrogen and oxygen atoms in total. The van der Waals surface area contributed by atoms with E-state index in [9.17, 15) is 19.0 Å². The van der Waals surface area contributed by atoms with E-state index in [-0.39, 0.29) is 58.2 Å². The SMILES string of the molecule is CC(C)(C)C(=O)P(=O)([O-])C(=O)C(C)(C)C.[Rb+]. The first-order valence-corrected chi connectivity index (χ1v) is 6.35. The van der Waals surface area contributed by atoms with Crippen molar-refractivity contribution in [3.05, 3.63) is 0 Å². The van der Waals surface area contributed by atoms with Crippen molar-refractivity contribution in [3.63, 3.8) is 0 Å². The predicted molar refractivity (Wildman–Crippen MR) is 56.5 cm³/mol. The Kier molecular flexibility index (Phi) is 7.36. The molecule has 0 heterocycles. The predicted octanol–water partition coefficient (Wildman–Crippen LogP) is -1.23. The summed E-state index contributed by atoms with van der Waals surface area (Å²) in [4.78, 5) is 34.8. The third-order valence-corrected chi connectivity index (χ3v) is 4.23. The van der Waals surface area contributed by atoms with E-state index in [0.717, 1.165) is 0 Å². The first-order chi connectivity index (χ1) is 6.31. The molecular weight excluding hydrogens is 301 g/mol. The van der Waals surface area contributed by atoms with E-state index in [1.165, 1.54) is 41.5 Å². The van der Waals surface area contributed by atoms with Gasteiger partial charge in [-0.3, -0.25) is 9.59 Å². The van der Waals surface area contributed by atoms with Crippen LogP contribution in [0.25, 0.3) is 0 Å². The molecule has 0 aromatic rings.